The highest BCUT2D eigenvalue weighted by Crippen LogP contribution is 2.43. The van der Waals surface area contributed by atoms with Crippen LogP contribution in [0.5, 0.6) is 0 Å². The van der Waals surface area contributed by atoms with Crippen LogP contribution in [0.4, 0.5) is 11.6 Å². The summed E-state index contributed by atoms with van der Waals surface area (Å²) >= 11 is 1.32. The average Bonchev–Trinajstić information content (AvgIpc) is 2.99. The summed E-state index contributed by atoms with van der Waals surface area (Å²) in [4.78, 5) is 21.3. The molecule has 1 aliphatic heterocycles. The molecule has 2 aliphatic rings. The smallest absolute Gasteiger partial charge is 0.337 e. The van der Waals surface area contributed by atoms with Crippen LogP contribution >= 0.6 is 11.8 Å². The van der Waals surface area contributed by atoms with Crippen molar-refractivity contribution >= 4 is 34.3 Å². The van der Waals surface area contributed by atoms with Crippen molar-refractivity contribution in [2.24, 2.45) is 0 Å². The minimum atomic E-state index is -0.858. The van der Waals surface area contributed by atoms with E-state index >= 15 is 0 Å². The van der Waals surface area contributed by atoms with E-state index in [9.17, 15) is 9.90 Å². The summed E-state index contributed by atoms with van der Waals surface area (Å²) in [6, 6.07) is 6.21. The first-order valence-corrected chi connectivity index (χ1v) is 8.98. The van der Waals surface area contributed by atoms with E-state index in [2.05, 4.69) is 40.5 Å². The summed E-state index contributed by atoms with van der Waals surface area (Å²) in [5.74, 6) is -0.333. The molecule has 6 nitrogen and oxygen atoms in total. The number of aromatic nitrogens is 2. The maximum Gasteiger partial charge on any atom is 0.337 e. The van der Waals surface area contributed by atoms with Gasteiger partial charge in [0.05, 0.1) is 10.6 Å². The summed E-state index contributed by atoms with van der Waals surface area (Å²) in [7, 11) is 0. The molecule has 1 unspecified atom stereocenters. The van der Waals surface area contributed by atoms with Crippen LogP contribution in [0.25, 0.3) is 4.91 Å². The Hall–Kier alpha value is -2.54. The molecule has 0 spiro atoms. The molecule has 0 radical (unpaired) electrons. The topological polar surface area (TPSA) is 87.1 Å². The van der Waals surface area contributed by atoms with Gasteiger partial charge in [0.25, 0.3) is 0 Å². The molecule has 3 N–H and O–H groups in total. The number of nitrogens with one attached hydrogen (secondary N) is 2. The van der Waals surface area contributed by atoms with Crippen molar-refractivity contribution in [3.63, 3.8) is 0 Å². The molecule has 1 aromatic heterocycles. The average molecular weight is 354 g/mol. The number of carbonyl (C=O) groups is 1. The van der Waals surface area contributed by atoms with E-state index in [0.717, 1.165) is 40.4 Å². The second-order valence-electron chi connectivity index (χ2n) is 6.36. The van der Waals surface area contributed by atoms with E-state index in [1.807, 2.05) is 18.3 Å². The lowest BCUT2D eigenvalue weighted by atomic mass is 10.0. The van der Waals surface area contributed by atoms with E-state index in [-0.39, 0.29) is 0 Å². The van der Waals surface area contributed by atoms with E-state index in [0.29, 0.717) is 5.95 Å². The molecule has 0 amide bonds. The minimum Gasteiger partial charge on any atom is -0.479 e. The fourth-order valence-corrected chi connectivity index (χ4v) is 4.35. The third-order valence-corrected chi connectivity index (χ3v) is 5.47. The van der Waals surface area contributed by atoms with Gasteiger partial charge in [-0.15, -0.1) is 0 Å². The monoisotopic (exact) mass is 354 g/mol. The van der Waals surface area contributed by atoms with Crippen LogP contribution in [0.3, 0.4) is 0 Å². The number of anilines is 2. The molecule has 2 heterocycles. The number of thioether (sulfide) groups is 1. The van der Waals surface area contributed by atoms with E-state index < -0.39 is 11.3 Å². The number of hydrogen-bond acceptors (Lipinski definition) is 6. The number of allylic oxidation sites excluding steroid dienone is 1. The van der Waals surface area contributed by atoms with Gasteiger partial charge in [0.2, 0.25) is 5.95 Å². The highest BCUT2D eigenvalue weighted by molar-refractivity contribution is 8.09. The lowest BCUT2D eigenvalue weighted by molar-refractivity contribution is -0.136. The molecule has 2 aromatic rings. The van der Waals surface area contributed by atoms with Crippen LogP contribution < -0.4 is 10.6 Å². The van der Waals surface area contributed by atoms with Gasteiger partial charge in [0, 0.05) is 17.6 Å². The number of nitrogens with zero attached hydrogens (tertiary/aromatic N) is 2. The minimum absolute atomic E-state index is 0.525. The van der Waals surface area contributed by atoms with Gasteiger partial charge >= 0.3 is 5.97 Å². The Morgan fingerprint density at radius 1 is 1.28 bits per heavy atom. The number of carboxylic acid groups (broad SMARTS) is 1. The van der Waals surface area contributed by atoms with Crippen LogP contribution in [-0.4, -0.2) is 26.4 Å². The number of carboxylic acids is 1. The molecular weight excluding hydrogens is 336 g/mol. The molecule has 1 aliphatic carbocycles. The Bertz CT molecular complexity index is 890. The number of aliphatic carboxylic acids is 1. The summed E-state index contributed by atoms with van der Waals surface area (Å²) in [6.45, 7) is 4.10. The second kappa shape index (κ2) is 6.07. The maximum absolute atomic E-state index is 11.3. The van der Waals surface area contributed by atoms with Gasteiger partial charge in [0.15, 0.2) is 5.37 Å². The molecule has 0 bridgehead atoms. The van der Waals surface area contributed by atoms with Crippen molar-refractivity contribution in [3.05, 3.63) is 52.5 Å². The standard InChI is InChI=1S/C18H18N4O2S/c1-9-5-10(2)7-12(6-9)20-18-19-8-11-3-4-13-15(14(11)22-18)25-16(21-13)17(23)24/h5-8,16,21H,3-4H2,1-2H3,(H,23,24)(H,19,20,22). The molecule has 0 saturated carbocycles. The van der Waals surface area contributed by atoms with Crippen molar-refractivity contribution in [2.75, 3.05) is 5.32 Å². The zero-order chi connectivity index (χ0) is 17.6. The van der Waals surface area contributed by atoms with Gasteiger partial charge < -0.3 is 15.7 Å². The third kappa shape index (κ3) is 3.07. The van der Waals surface area contributed by atoms with Crippen molar-refractivity contribution in [1.82, 2.24) is 15.3 Å². The van der Waals surface area contributed by atoms with Gasteiger partial charge in [-0.2, -0.15) is 0 Å². The van der Waals surface area contributed by atoms with E-state index in [1.54, 1.807) is 0 Å². The fraction of sp³-hybridized carbons (Fsp3) is 0.278. The van der Waals surface area contributed by atoms with Gasteiger partial charge in [0.1, 0.15) is 0 Å². The van der Waals surface area contributed by atoms with Crippen LogP contribution in [-0.2, 0) is 11.2 Å². The summed E-state index contributed by atoms with van der Waals surface area (Å²) in [5.41, 5.74) is 6.16. The van der Waals surface area contributed by atoms with Gasteiger partial charge in [-0.05, 0) is 55.5 Å². The van der Waals surface area contributed by atoms with E-state index in [1.165, 1.54) is 22.9 Å². The Morgan fingerprint density at radius 3 is 2.76 bits per heavy atom. The van der Waals surface area contributed by atoms with Crippen LogP contribution in [0, 0.1) is 13.8 Å². The molecule has 0 saturated heterocycles. The predicted molar refractivity (Wildman–Crippen MR) is 98.6 cm³/mol. The molecule has 0 fully saturated rings. The number of benzene rings is 1. The van der Waals surface area contributed by atoms with Crippen LogP contribution in [0.15, 0.2) is 30.1 Å². The number of fused-ring (bicyclic) bond motifs is 2. The zero-order valence-electron chi connectivity index (χ0n) is 14.0. The largest absolute Gasteiger partial charge is 0.479 e. The number of rotatable bonds is 3. The fourth-order valence-electron chi connectivity index (χ4n) is 3.22. The second-order valence-corrected chi connectivity index (χ2v) is 7.47. The molecule has 128 valence electrons. The summed E-state index contributed by atoms with van der Waals surface area (Å²) < 4.78 is 0. The molecule has 7 heteroatoms. The first kappa shape index (κ1) is 16.0. The maximum atomic E-state index is 11.3. The first-order valence-electron chi connectivity index (χ1n) is 8.10. The zero-order valence-corrected chi connectivity index (χ0v) is 14.8. The molecule has 4 rings (SSSR count). The third-order valence-electron chi connectivity index (χ3n) is 4.24. The lowest BCUT2D eigenvalue weighted by Crippen LogP contribution is -2.29. The summed E-state index contributed by atoms with van der Waals surface area (Å²) in [6.07, 6.45) is 3.45. The number of hydrogen-bond donors (Lipinski definition) is 3. The van der Waals surface area contributed by atoms with Crippen molar-refractivity contribution in [1.29, 1.82) is 0 Å². The van der Waals surface area contributed by atoms with Gasteiger partial charge in [-0.25, -0.2) is 14.8 Å². The van der Waals surface area contributed by atoms with Crippen LogP contribution in [0.2, 0.25) is 0 Å². The molecular formula is C18H18N4O2S. The SMILES string of the molecule is Cc1cc(C)cc(Nc2ncc3c(n2)C2=C(CC3)NC(C(=O)O)S2)c1. The van der Waals surface area contributed by atoms with Crippen LogP contribution in [0.1, 0.15) is 28.8 Å². The van der Waals surface area contributed by atoms with Crippen molar-refractivity contribution in [2.45, 2.75) is 32.1 Å². The van der Waals surface area contributed by atoms with Gasteiger partial charge in [-0.3, -0.25) is 0 Å². The molecule has 25 heavy (non-hydrogen) atoms. The van der Waals surface area contributed by atoms with Crippen molar-refractivity contribution < 1.29 is 9.90 Å². The number of aryl methyl sites for hydroxylation is 3. The highest BCUT2D eigenvalue weighted by Gasteiger charge is 2.34. The predicted octanol–water partition coefficient (Wildman–Crippen LogP) is 3.20. The quantitative estimate of drug-likeness (QED) is 0.780. The lowest BCUT2D eigenvalue weighted by Gasteiger charge is -2.17. The Balaban J connectivity index is 1.65. The van der Waals surface area contributed by atoms with Gasteiger partial charge in [-0.1, -0.05) is 17.8 Å². The first-order chi connectivity index (χ1) is 12.0. The van der Waals surface area contributed by atoms with E-state index in [4.69, 9.17) is 0 Å². The van der Waals surface area contributed by atoms with Crippen molar-refractivity contribution in [3.8, 4) is 0 Å². The Kier molecular flexibility index (Phi) is 3.88. The Morgan fingerprint density at radius 2 is 2.04 bits per heavy atom. The molecule has 1 atom stereocenters. The Labute approximate surface area is 149 Å². The summed E-state index contributed by atoms with van der Waals surface area (Å²) in [5, 5.41) is 15.0. The normalized spacial score (nSPS) is 18.4. The molecule has 1 aromatic carbocycles. The highest BCUT2D eigenvalue weighted by atomic mass is 32.2.